The minimum atomic E-state index is -0.795. The van der Waals surface area contributed by atoms with E-state index in [1.807, 2.05) is 56.3 Å². The van der Waals surface area contributed by atoms with Gasteiger partial charge < -0.3 is 25.4 Å². The van der Waals surface area contributed by atoms with Gasteiger partial charge in [0.2, 0.25) is 0 Å². The smallest absolute Gasteiger partial charge is 0.405 e. The number of nitrogens with one attached hydrogen (secondary N) is 1. The van der Waals surface area contributed by atoms with Crippen molar-refractivity contribution in [3.63, 3.8) is 0 Å². The van der Waals surface area contributed by atoms with E-state index < -0.39 is 12.2 Å². The van der Waals surface area contributed by atoms with Gasteiger partial charge in [-0.2, -0.15) is 0 Å². The van der Waals surface area contributed by atoms with Crippen LogP contribution in [0.3, 0.4) is 0 Å². The first kappa shape index (κ1) is 30.0. The minimum Gasteiger partial charge on any atom is -0.497 e. The third kappa shape index (κ3) is 7.13. The second-order valence-electron chi connectivity index (χ2n) is 10.0. The first-order valence-corrected chi connectivity index (χ1v) is 13.1. The number of fused-ring (bicyclic) bond motifs is 1. The molecule has 1 unspecified atom stereocenters. The van der Waals surface area contributed by atoms with Gasteiger partial charge in [-0.05, 0) is 75.5 Å². The lowest BCUT2D eigenvalue weighted by molar-refractivity contribution is 0.0860. The van der Waals surface area contributed by atoms with Gasteiger partial charge in [0.25, 0.3) is 0 Å². The van der Waals surface area contributed by atoms with Gasteiger partial charge in [0.1, 0.15) is 11.9 Å². The van der Waals surface area contributed by atoms with Crippen LogP contribution in [0, 0.1) is 5.92 Å². The Kier molecular flexibility index (Phi) is 10.4. The van der Waals surface area contributed by atoms with Gasteiger partial charge in [0.15, 0.2) is 0 Å². The van der Waals surface area contributed by atoms with Gasteiger partial charge in [-0.1, -0.05) is 24.3 Å². The van der Waals surface area contributed by atoms with Crippen LogP contribution in [0.15, 0.2) is 53.3 Å². The maximum Gasteiger partial charge on any atom is 0.405 e. The largest absolute Gasteiger partial charge is 0.497 e. The van der Waals surface area contributed by atoms with Crippen molar-refractivity contribution in [3.8, 4) is 5.75 Å². The predicted molar refractivity (Wildman–Crippen MR) is 153 cm³/mol. The third-order valence-electron chi connectivity index (χ3n) is 7.20. The van der Waals surface area contributed by atoms with Crippen LogP contribution < -0.4 is 21.5 Å². The third-order valence-corrected chi connectivity index (χ3v) is 7.20. The lowest BCUT2D eigenvalue weighted by Gasteiger charge is -2.32. The summed E-state index contributed by atoms with van der Waals surface area (Å²) in [6.07, 6.45) is 1.25. The number of ether oxygens (including phenoxy) is 2. The molecule has 11 heteroatoms. The zero-order valence-corrected chi connectivity index (χ0v) is 23.5. The van der Waals surface area contributed by atoms with E-state index in [2.05, 4.69) is 10.2 Å². The summed E-state index contributed by atoms with van der Waals surface area (Å²) in [7, 11) is 1.60. The molecule has 3 aromatic rings. The van der Waals surface area contributed by atoms with Gasteiger partial charge in [-0.15, -0.1) is 12.4 Å². The Balaban J connectivity index is 0.00000420. The molecule has 1 saturated heterocycles. The Morgan fingerprint density at radius 2 is 1.69 bits per heavy atom. The monoisotopic (exact) mass is 559 g/mol. The van der Waals surface area contributed by atoms with Crippen molar-refractivity contribution in [3.05, 3.63) is 64.6 Å². The highest BCUT2D eigenvalue weighted by Gasteiger charge is 2.24. The summed E-state index contributed by atoms with van der Waals surface area (Å²) < 4.78 is 13.5. The number of methoxy groups -OCH3 is 1. The molecule has 0 radical (unpaired) electrons. The fourth-order valence-corrected chi connectivity index (χ4v) is 5.14. The van der Waals surface area contributed by atoms with Gasteiger partial charge >= 0.3 is 17.8 Å². The van der Waals surface area contributed by atoms with Crippen molar-refractivity contribution < 1.29 is 19.1 Å². The van der Waals surface area contributed by atoms with E-state index in [1.54, 1.807) is 17.7 Å². The molecule has 3 N–H and O–H groups in total. The second-order valence-corrected chi connectivity index (χ2v) is 10.0. The van der Waals surface area contributed by atoms with Crippen molar-refractivity contribution in [1.29, 1.82) is 0 Å². The Labute approximate surface area is 234 Å². The van der Waals surface area contributed by atoms with Crippen molar-refractivity contribution in [2.75, 3.05) is 33.3 Å². The first-order valence-electron chi connectivity index (χ1n) is 13.1. The molecule has 1 fully saturated rings. The van der Waals surface area contributed by atoms with Gasteiger partial charge in [-0.3, -0.25) is 4.57 Å². The number of primary amides is 1. The number of nitrogens with two attached hydrogens (primary N) is 1. The number of imidazole rings is 1. The van der Waals surface area contributed by atoms with E-state index in [0.717, 1.165) is 49.3 Å². The van der Waals surface area contributed by atoms with Crippen LogP contribution in [0.4, 0.5) is 9.59 Å². The van der Waals surface area contributed by atoms with Gasteiger partial charge in [0.05, 0.1) is 18.1 Å². The van der Waals surface area contributed by atoms with Crippen LogP contribution in [-0.2, 0) is 4.74 Å². The summed E-state index contributed by atoms with van der Waals surface area (Å²) in [6.45, 7) is 6.89. The van der Waals surface area contributed by atoms with Crippen LogP contribution in [0.5, 0.6) is 5.75 Å². The van der Waals surface area contributed by atoms with Gasteiger partial charge in [0, 0.05) is 25.6 Å². The second kappa shape index (κ2) is 13.5. The molecule has 0 bridgehead atoms. The highest BCUT2D eigenvalue weighted by atomic mass is 35.5. The van der Waals surface area contributed by atoms with Crippen LogP contribution in [0.1, 0.15) is 50.8 Å². The zero-order chi connectivity index (χ0) is 27.2. The lowest BCUT2D eigenvalue weighted by Crippen LogP contribution is -2.42. The first-order chi connectivity index (χ1) is 18.3. The number of hydrogen-bond acceptors (Lipinski definition) is 6. The molecule has 0 saturated carbocycles. The zero-order valence-electron chi connectivity index (χ0n) is 22.7. The molecule has 0 spiro atoms. The molecular weight excluding hydrogens is 522 g/mol. The number of aromatic nitrogens is 2. The Morgan fingerprint density at radius 3 is 2.28 bits per heavy atom. The Morgan fingerprint density at radius 1 is 1.05 bits per heavy atom. The van der Waals surface area contributed by atoms with E-state index in [9.17, 15) is 14.4 Å². The van der Waals surface area contributed by atoms with Crippen LogP contribution in [-0.4, -0.2) is 59.4 Å². The summed E-state index contributed by atoms with van der Waals surface area (Å²) in [4.78, 5) is 39.8. The molecule has 1 aromatic heterocycles. The SMILES string of the molecule is COc1ccc(C(CCN2CCC(CNC(=O)n3c(=O)n(C(C)C)c4ccccc43)CC2)OC(N)=O)cc1.Cl. The molecule has 2 aromatic carbocycles. The van der Waals surface area contributed by atoms with E-state index in [4.69, 9.17) is 15.2 Å². The molecule has 1 aliphatic heterocycles. The quantitative estimate of drug-likeness (QED) is 0.403. The number of hydrogen-bond donors (Lipinski definition) is 2. The number of rotatable bonds is 9. The number of piperidine rings is 1. The number of carbonyl (C=O) groups excluding carboxylic acids is 2. The van der Waals surface area contributed by atoms with E-state index in [-0.39, 0.29) is 30.2 Å². The highest BCUT2D eigenvalue weighted by molar-refractivity contribution is 5.89. The minimum absolute atomic E-state index is 0. The average Bonchev–Trinajstić information content (AvgIpc) is 3.22. The summed E-state index contributed by atoms with van der Waals surface area (Å²) in [6, 6.07) is 14.4. The fourth-order valence-electron chi connectivity index (χ4n) is 5.14. The lowest BCUT2D eigenvalue weighted by atomic mass is 9.96. The molecular formula is C28H38ClN5O5. The molecule has 1 atom stereocenters. The number of likely N-dealkylation sites (tertiary alicyclic amines) is 1. The predicted octanol–water partition coefficient (Wildman–Crippen LogP) is 4.31. The van der Waals surface area contributed by atoms with Crippen LogP contribution >= 0.6 is 12.4 Å². The summed E-state index contributed by atoms with van der Waals surface area (Å²) in [5, 5.41) is 2.98. The molecule has 2 heterocycles. The van der Waals surface area contributed by atoms with Crippen LogP contribution in [0.2, 0.25) is 0 Å². The number of para-hydroxylation sites is 2. The van der Waals surface area contributed by atoms with Crippen molar-refractivity contribution in [1.82, 2.24) is 19.4 Å². The maximum atomic E-state index is 13.0. The average molecular weight is 560 g/mol. The molecule has 2 amide bonds. The number of benzene rings is 2. The topological polar surface area (TPSA) is 121 Å². The molecule has 4 rings (SSSR count). The van der Waals surface area contributed by atoms with Crippen molar-refractivity contribution in [2.45, 2.75) is 45.3 Å². The number of amides is 2. The number of nitrogens with zero attached hydrogens (tertiary/aromatic N) is 3. The fraction of sp³-hybridized carbons (Fsp3) is 0.464. The van der Waals surface area contributed by atoms with E-state index in [0.29, 0.717) is 24.4 Å². The van der Waals surface area contributed by atoms with Crippen molar-refractivity contribution in [2.24, 2.45) is 11.7 Å². The normalized spacial score (nSPS) is 15.1. The summed E-state index contributed by atoms with van der Waals surface area (Å²) in [5.74, 6) is 1.06. The Bertz CT molecular complexity index is 1310. The number of carbonyl (C=O) groups is 2. The molecule has 212 valence electrons. The molecule has 39 heavy (non-hydrogen) atoms. The molecule has 10 nitrogen and oxygen atoms in total. The van der Waals surface area contributed by atoms with E-state index >= 15 is 0 Å². The molecule has 1 aliphatic rings. The number of halogens is 1. The maximum absolute atomic E-state index is 13.0. The van der Waals surface area contributed by atoms with Gasteiger partial charge in [-0.25, -0.2) is 19.0 Å². The summed E-state index contributed by atoms with van der Waals surface area (Å²) >= 11 is 0. The highest BCUT2D eigenvalue weighted by Crippen LogP contribution is 2.25. The van der Waals surface area contributed by atoms with Crippen LogP contribution in [0.25, 0.3) is 11.0 Å². The van der Waals surface area contributed by atoms with E-state index in [1.165, 1.54) is 4.57 Å². The summed E-state index contributed by atoms with van der Waals surface area (Å²) in [5.41, 5.74) is 7.23. The standard InChI is InChI=1S/C28H37N5O5.ClH/c1-19(2)32-23-6-4-5-7-24(23)33(28(32)36)27(35)30-18-20-12-15-31(16-13-20)17-14-25(38-26(29)34)21-8-10-22(37-3)11-9-21;/h4-11,19-20,25H,12-18H2,1-3H3,(H2,29,34)(H,30,35);1H. The van der Waals surface area contributed by atoms with Crippen molar-refractivity contribution >= 4 is 35.6 Å². The Hall–Kier alpha value is -3.50. The molecule has 0 aliphatic carbocycles.